The topological polar surface area (TPSA) is 35.8 Å². The van der Waals surface area contributed by atoms with E-state index >= 15 is 0 Å². The highest BCUT2D eigenvalue weighted by Gasteiger charge is 2.11. The Morgan fingerprint density at radius 2 is 2.00 bits per heavy atom. The number of nitrogens with one attached hydrogen (secondary N) is 1. The van der Waals surface area contributed by atoms with Gasteiger partial charge in [-0.3, -0.25) is 0 Å². The Labute approximate surface area is 128 Å². The van der Waals surface area contributed by atoms with E-state index in [0.717, 1.165) is 21.2 Å². The van der Waals surface area contributed by atoms with Gasteiger partial charge in [-0.2, -0.15) is 5.26 Å². The summed E-state index contributed by atoms with van der Waals surface area (Å²) in [5.41, 5.74) is 2.64. The van der Waals surface area contributed by atoms with E-state index in [1.165, 1.54) is 0 Å². The van der Waals surface area contributed by atoms with Crippen LogP contribution in [0.2, 0.25) is 5.02 Å². The normalized spacial score (nSPS) is 11.7. The molecule has 4 heteroatoms. The molecule has 1 N–H and O–H groups in total. The van der Waals surface area contributed by atoms with Crippen molar-refractivity contribution in [2.75, 3.05) is 11.6 Å². The van der Waals surface area contributed by atoms with E-state index in [4.69, 9.17) is 11.6 Å². The molecule has 0 spiro atoms. The average molecular weight is 303 g/mol. The number of benzene rings is 2. The third kappa shape index (κ3) is 3.27. The maximum absolute atomic E-state index is 9.33. The molecule has 1 atom stereocenters. The molecule has 2 aromatic carbocycles. The fraction of sp³-hybridized carbons (Fsp3) is 0.188. The quantitative estimate of drug-likeness (QED) is 0.797. The van der Waals surface area contributed by atoms with Crippen LogP contribution < -0.4 is 5.32 Å². The van der Waals surface area contributed by atoms with Gasteiger partial charge in [-0.1, -0.05) is 29.8 Å². The van der Waals surface area contributed by atoms with Crippen LogP contribution >= 0.6 is 23.4 Å². The summed E-state index contributed by atoms with van der Waals surface area (Å²) in [5, 5.41) is 13.4. The molecule has 20 heavy (non-hydrogen) atoms. The highest BCUT2D eigenvalue weighted by atomic mass is 35.5. The van der Waals surface area contributed by atoms with Crippen LogP contribution in [0.5, 0.6) is 0 Å². The second-order valence-electron chi connectivity index (χ2n) is 4.42. The van der Waals surface area contributed by atoms with Gasteiger partial charge in [0.05, 0.1) is 11.3 Å². The van der Waals surface area contributed by atoms with Crippen molar-refractivity contribution in [2.45, 2.75) is 17.9 Å². The Morgan fingerprint density at radius 1 is 1.25 bits per heavy atom. The molecule has 2 rings (SSSR count). The number of thioether (sulfide) groups is 1. The lowest BCUT2D eigenvalue weighted by Crippen LogP contribution is -2.08. The lowest BCUT2D eigenvalue weighted by molar-refractivity contribution is 0.883. The van der Waals surface area contributed by atoms with Crippen LogP contribution in [0.25, 0.3) is 0 Å². The Kier molecular flexibility index (Phi) is 4.94. The zero-order chi connectivity index (χ0) is 14.5. The monoisotopic (exact) mass is 302 g/mol. The third-order valence-corrected chi connectivity index (χ3v) is 4.09. The molecule has 0 amide bonds. The zero-order valence-electron chi connectivity index (χ0n) is 11.4. The number of nitriles is 1. The Balaban J connectivity index is 2.28. The van der Waals surface area contributed by atoms with Gasteiger partial charge in [-0.05, 0) is 43.0 Å². The van der Waals surface area contributed by atoms with Crippen molar-refractivity contribution in [3.8, 4) is 6.07 Å². The smallest absolute Gasteiger partial charge is 0.102 e. The van der Waals surface area contributed by atoms with E-state index in [0.29, 0.717) is 5.56 Å². The van der Waals surface area contributed by atoms with Crippen LogP contribution in [0, 0.1) is 11.3 Å². The lowest BCUT2D eigenvalue weighted by Gasteiger charge is -2.18. The fourth-order valence-corrected chi connectivity index (χ4v) is 2.80. The molecule has 0 aromatic heterocycles. The summed E-state index contributed by atoms with van der Waals surface area (Å²) in [5.74, 6) is 0. The molecule has 102 valence electrons. The van der Waals surface area contributed by atoms with Crippen molar-refractivity contribution >= 4 is 29.1 Å². The molecule has 0 aliphatic carbocycles. The van der Waals surface area contributed by atoms with Gasteiger partial charge < -0.3 is 5.32 Å². The van der Waals surface area contributed by atoms with Crippen molar-refractivity contribution in [2.24, 2.45) is 0 Å². The second-order valence-corrected chi connectivity index (χ2v) is 5.70. The number of halogens is 1. The van der Waals surface area contributed by atoms with E-state index in [2.05, 4.69) is 18.3 Å². The summed E-state index contributed by atoms with van der Waals surface area (Å²) in [6.07, 6.45) is 1.97. The molecule has 2 nitrogen and oxygen atoms in total. The zero-order valence-corrected chi connectivity index (χ0v) is 12.9. The van der Waals surface area contributed by atoms with Crippen LogP contribution in [0.1, 0.15) is 24.1 Å². The average Bonchev–Trinajstić information content (AvgIpc) is 2.46. The largest absolute Gasteiger partial charge is 0.377 e. The predicted octanol–water partition coefficient (Wildman–Crippen LogP) is 5.11. The maximum atomic E-state index is 9.33. The first-order valence-electron chi connectivity index (χ1n) is 6.25. The molecule has 0 aliphatic heterocycles. The highest BCUT2D eigenvalue weighted by Crippen LogP contribution is 2.29. The first-order valence-corrected chi connectivity index (χ1v) is 7.85. The minimum absolute atomic E-state index is 0.0814. The van der Waals surface area contributed by atoms with Crippen molar-refractivity contribution in [1.29, 1.82) is 5.26 Å². The Hall–Kier alpha value is -1.63. The SMILES string of the molecule is CSc1cccc(NC(C)c2cccc(Cl)c2)c1C#N. The molecule has 1 unspecified atom stereocenters. The van der Waals surface area contributed by atoms with Crippen molar-refractivity contribution < 1.29 is 0 Å². The van der Waals surface area contributed by atoms with Gasteiger partial charge in [0.2, 0.25) is 0 Å². The second kappa shape index (κ2) is 6.69. The van der Waals surface area contributed by atoms with Crippen LogP contribution in [0.3, 0.4) is 0 Å². The summed E-state index contributed by atoms with van der Waals surface area (Å²) < 4.78 is 0. The number of hydrogen-bond donors (Lipinski definition) is 1. The summed E-state index contributed by atoms with van der Waals surface area (Å²) in [4.78, 5) is 0.982. The summed E-state index contributed by atoms with van der Waals surface area (Å²) in [7, 11) is 0. The molecule has 0 saturated carbocycles. The first-order chi connectivity index (χ1) is 9.65. The molecule has 0 heterocycles. The van der Waals surface area contributed by atoms with Gasteiger partial charge in [-0.25, -0.2) is 0 Å². The van der Waals surface area contributed by atoms with E-state index in [9.17, 15) is 5.26 Å². The molecule has 0 aliphatic rings. The van der Waals surface area contributed by atoms with E-state index in [1.807, 2.05) is 48.7 Å². The molecule has 0 saturated heterocycles. The van der Waals surface area contributed by atoms with Gasteiger partial charge in [0.15, 0.2) is 0 Å². The van der Waals surface area contributed by atoms with Crippen LogP contribution in [0.4, 0.5) is 5.69 Å². The highest BCUT2D eigenvalue weighted by molar-refractivity contribution is 7.98. The summed E-state index contributed by atoms with van der Waals surface area (Å²) in [6.45, 7) is 2.05. The van der Waals surface area contributed by atoms with Gasteiger partial charge in [0.1, 0.15) is 6.07 Å². The predicted molar refractivity (Wildman–Crippen MR) is 86.4 cm³/mol. The molecule has 0 fully saturated rings. The van der Waals surface area contributed by atoms with Crippen LogP contribution in [-0.2, 0) is 0 Å². The van der Waals surface area contributed by atoms with Gasteiger partial charge in [0.25, 0.3) is 0 Å². The number of rotatable bonds is 4. The Bertz CT molecular complexity index is 649. The summed E-state index contributed by atoms with van der Waals surface area (Å²) in [6, 6.07) is 15.9. The fourth-order valence-electron chi connectivity index (χ4n) is 2.03. The standard InChI is InChI=1S/C16H15ClN2S/c1-11(12-5-3-6-13(17)9-12)19-15-7-4-8-16(20-2)14(15)10-18/h3-9,11,19H,1-2H3. The van der Waals surface area contributed by atoms with E-state index in [-0.39, 0.29) is 6.04 Å². The maximum Gasteiger partial charge on any atom is 0.102 e. The lowest BCUT2D eigenvalue weighted by atomic mass is 10.1. The van der Waals surface area contributed by atoms with Gasteiger partial charge in [-0.15, -0.1) is 11.8 Å². The molecule has 0 radical (unpaired) electrons. The van der Waals surface area contributed by atoms with Gasteiger partial charge in [0, 0.05) is 16.0 Å². The molecular weight excluding hydrogens is 288 g/mol. The summed E-state index contributed by atoms with van der Waals surface area (Å²) >= 11 is 7.59. The van der Waals surface area contributed by atoms with E-state index in [1.54, 1.807) is 11.8 Å². The van der Waals surface area contributed by atoms with E-state index < -0.39 is 0 Å². The molecule has 0 bridgehead atoms. The Morgan fingerprint density at radius 3 is 2.65 bits per heavy atom. The van der Waals surface area contributed by atoms with Crippen molar-refractivity contribution in [3.05, 3.63) is 58.6 Å². The number of hydrogen-bond acceptors (Lipinski definition) is 3. The first kappa shape index (κ1) is 14.8. The molecule has 2 aromatic rings. The minimum Gasteiger partial charge on any atom is -0.377 e. The van der Waals surface area contributed by atoms with Crippen LogP contribution in [0.15, 0.2) is 47.4 Å². The minimum atomic E-state index is 0.0814. The van der Waals surface area contributed by atoms with Gasteiger partial charge >= 0.3 is 0 Å². The molecular formula is C16H15ClN2S. The van der Waals surface area contributed by atoms with Crippen LogP contribution in [-0.4, -0.2) is 6.26 Å². The number of nitrogens with zero attached hydrogens (tertiary/aromatic N) is 1. The third-order valence-electron chi connectivity index (χ3n) is 3.08. The number of anilines is 1. The van der Waals surface area contributed by atoms with Crippen molar-refractivity contribution in [1.82, 2.24) is 0 Å². The van der Waals surface area contributed by atoms with Crippen molar-refractivity contribution in [3.63, 3.8) is 0 Å².